The molecule has 26 heavy (non-hydrogen) atoms. The molecule has 2 aliphatic heterocycles. The predicted molar refractivity (Wildman–Crippen MR) is 103 cm³/mol. The van der Waals surface area contributed by atoms with Crippen LogP contribution in [0.3, 0.4) is 0 Å². The first-order valence-electron chi connectivity index (χ1n) is 8.62. The molecule has 0 N–H and O–H groups in total. The number of rotatable bonds is 3. The maximum absolute atomic E-state index is 6.40. The molecular formula is C21H18N2O2S. The summed E-state index contributed by atoms with van der Waals surface area (Å²) in [4.78, 5) is 0. The fourth-order valence-electron chi connectivity index (χ4n) is 3.69. The van der Waals surface area contributed by atoms with Crippen LogP contribution in [0.5, 0.6) is 11.5 Å². The van der Waals surface area contributed by atoms with Gasteiger partial charge in [0.05, 0.1) is 18.9 Å². The van der Waals surface area contributed by atoms with Crippen LogP contribution in [0.25, 0.3) is 0 Å². The van der Waals surface area contributed by atoms with Crippen molar-refractivity contribution in [3.63, 3.8) is 0 Å². The summed E-state index contributed by atoms with van der Waals surface area (Å²) in [6.45, 7) is 0. The van der Waals surface area contributed by atoms with Crippen LogP contribution in [0, 0.1) is 0 Å². The summed E-state index contributed by atoms with van der Waals surface area (Å²) in [5, 5.41) is 11.3. The summed E-state index contributed by atoms with van der Waals surface area (Å²) in [6, 6.07) is 18.7. The fourth-order valence-corrected chi connectivity index (χ4v) is 4.35. The second-order valence-electron chi connectivity index (χ2n) is 6.42. The molecule has 130 valence electrons. The standard InChI is InChI=1S/C21H18N2O2S/c1-24-19-9-5-8-16-18-12-17(14-6-3-2-4-7-14)22-23(18)21(25-20(16)19)15-10-11-26-13-15/h2-11,13,18,21H,12H2,1H3/t18-,21-/m0/s1. The van der Waals surface area contributed by atoms with Crippen LogP contribution in [0.2, 0.25) is 0 Å². The zero-order valence-corrected chi connectivity index (χ0v) is 15.1. The van der Waals surface area contributed by atoms with Crippen LogP contribution in [-0.2, 0) is 0 Å². The van der Waals surface area contributed by atoms with E-state index in [1.54, 1.807) is 18.4 Å². The Labute approximate surface area is 156 Å². The van der Waals surface area contributed by atoms with Crippen molar-refractivity contribution in [3.05, 3.63) is 82.0 Å². The lowest BCUT2D eigenvalue weighted by Gasteiger charge is -2.38. The van der Waals surface area contributed by atoms with Gasteiger partial charge >= 0.3 is 0 Å². The summed E-state index contributed by atoms with van der Waals surface area (Å²) >= 11 is 1.67. The van der Waals surface area contributed by atoms with Gasteiger partial charge in [-0.05, 0) is 28.5 Å². The zero-order chi connectivity index (χ0) is 17.5. The van der Waals surface area contributed by atoms with E-state index in [2.05, 4.69) is 52.2 Å². The normalized spacial score (nSPS) is 20.8. The van der Waals surface area contributed by atoms with Gasteiger partial charge in [-0.15, -0.1) is 0 Å². The highest BCUT2D eigenvalue weighted by Crippen LogP contribution is 2.50. The van der Waals surface area contributed by atoms with Crippen LogP contribution in [0.1, 0.15) is 35.4 Å². The molecule has 0 unspecified atom stereocenters. The number of nitrogens with zero attached hydrogens (tertiary/aromatic N) is 2. The molecule has 1 aromatic heterocycles. The highest BCUT2D eigenvalue weighted by Gasteiger charge is 2.42. The van der Waals surface area contributed by atoms with Crippen LogP contribution in [0.4, 0.5) is 0 Å². The SMILES string of the molecule is COc1cccc2c1O[C@@H](c1ccsc1)N1N=C(c3ccccc3)C[C@@H]21. The first-order chi connectivity index (χ1) is 12.8. The molecule has 3 heterocycles. The molecule has 0 aliphatic carbocycles. The van der Waals surface area contributed by atoms with Gasteiger partial charge in [-0.1, -0.05) is 42.5 Å². The molecule has 0 spiro atoms. The molecule has 2 aliphatic rings. The number of hydrogen-bond acceptors (Lipinski definition) is 5. The number of benzene rings is 2. The van der Waals surface area contributed by atoms with Gasteiger partial charge in [0.1, 0.15) is 0 Å². The molecule has 2 atom stereocenters. The van der Waals surface area contributed by atoms with Crippen LogP contribution >= 0.6 is 11.3 Å². The molecule has 0 fully saturated rings. The van der Waals surface area contributed by atoms with E-state index in [1.807, 2.05) is 18.2 Å². The number of para-hydroxylation sites is 1. The Bertz CT molecular complexity index is 953. The van der Waals surface area contributed by atoms with E-state index in [4.69, 9.17) is 14.6 Å². The lowest BCUT2D eigenvalue weighted by atomic mass is 9.96. The van der Waals surface area contributed by atoms with Crippen molar-refractivity contribution in [2.45, 2.75) is 18.7 Å². The average Bonchev–Trinajstić information content (AvgIpc) is 3.37. The van der Waals surface area contributed by atoms with Gasteiger partial charge in [-0.2, -0.15) is 16.4 Å². The molecule has 5 heteroatoms. The number of hydrazone groups is 1. The quantitative estimate of drug-likeness (QED) is 0.658. The number of fused-ring (bicyclic) bond motifs is 3. The molecule has 0 saturated carbocycles. The maximum Gasteiger partial charge on any atom is 0.214 e. The molecule has 4 nitrogen and oxygen atoms in total. The molecule has 2 aromatic carbocycles. The Hall–Kier alpha value is -2.79. The van der Waals surface area contributed by atoms with E-state index in [-0.39, 0.29) is 12.3 Å². The van der Waals surface area contributed by atoms with Crippen molar-refractivity contribution in [2.24, 2.45) is 5.10 Å². The Balaban J connectivity index is 1.62. The molecule has 0 bridgehead atoms. The molecular weight excluding hydrogens is 344 g/mol. The van der Waals surface area contributed by atoms with Crippen LogP contribution in [0.15, 0.2) is 70.5 Å². The van der Waals surface area contributed by atoms with Crippen LogP contribution < -0.4 is 9.47 Å². The lowest BCUT2D eigenvalue weighted by Crippen LogP contribution is -2.33. The monoisotopic (exact) mass is 362 g/mol. The van der Waals surface area contributed by atoms with Gasteiger partial charge in [-0.25, -0.2) is 5.01 Å². The van der Waals surface area contributed by atoms with E-state index in [0.29, 0.717) is 0 Å². The lowest BCUT2D eigenvalue weighted by molar-refractivity contribution is -0.0206. The Morgan fingerprint density at radius 3 is 2.77 bits per heavy atom. The third-order valence-electron chi connectivity index (χ3n) is 4.94. The van der Waals surface area contributed by atoms with Crippen molar-refractivity contribution >= 4 is 17.0 Å². The van der Waals surface area contributed by atoms with Gasteiger partial charge in [0.25, 0.3) is 0 Å². The first kappa shape index (κ1) is 15.5. The van der Waals surface area contributed by atoms with Crippen molar-refractivity contribution in [3.8, 4) is 11.5 Å². The summed E-state index contributed by atoms with van der Waals surface area (Å²) in [5.74, 6) is 1.60. The van der Waals surface area contributed by atoms with Gasteiger partial charge in [0, 0.05) is 17.5 Å². The Morgan fingerprint density at radius 2 is 2.00 bits per heavy atom. The number of methoxy groups -OCH3 is 1. The van der Waals surface area contributed by atoms with E-state index >= 15 is 0 Å². The highest BCUT2D eigenvalue weighted by molar-refractivity contribution is 7.07. The van der Waals surface area contributed by atoms with Gasteiger partial charge in [0.2, 0.25) is 6.23 Å². The topological polar surface area (TPSA) is 34.1 Å². The number of thiophene rings is 1. The summed E-state index contributed by atoms with van der Waals surface area (Å²) in [5.41, 5.74) is 4.51. The third kappa shape index (κ3) is 2.39. The fraction of sp³-hybridized carbons (Fsp3) is 0.190. The van der Waals surface area contributed by atoms with Crippen molar-refractivity contribution in [2.75, 3.05) is 7.11 Å². The van der Waals surface area contributed by atoms with E-state index in [0.717, 1.165) is 40.3 Å². The Morgan fingerprint density at radius 1 is 1.12 bits per heavy atom. The minimum atomic E-state index is -0.240. The molecule has 5 rings (SSSR count). The van der Waals surface area contributed by atoms with Gasteiger partial charge in [0.15, 0.2) is 11.5 Å². The average molecular weight is 362 g/mol. The zero-order valence-electron chi connectivity index (χ0n) is 14.3. The van der Waals surface area contributed by atoms with Gasteiger partial charge < -0.3 is 9.47 Å². The summed E-state index contributed by atoms with van der Waals surface area (Å²) in [7, 11) is 1.69. The molecule has 0 saturated heterocycles. The van der Waals surface area contributed by atoms with Crippen molar-refractivity contribution < 1.29 is 9.47 Å². The van der Waals surface area contributed by atoms with Gasteiger partial charge in [-0.3, -0.25) is 0 Å². The minimum Gasteiger partial charge on any atom is -0.493 e. The van der Waals surface area contributed by atoms with E-state index in [9.17, 15) is 0 Å². The molecule has 0 amide bonds. The molecule has 3 aromatic rings. The third-order valence-corrected chi connectivity index (χ3v) is 5.64. The maximum atomic E-state index is 6.40. The second-order valence-corrected chi connectivity index (χ2v) is 7.20. The number of hydrogen-bond donors (Lipinski definition) is 0. The summed E-state index contributed by atoms with van der Waals surface area (Å²) < 4.78 is 12.0. The largest absolute Gasteiger partial charge is 0.493 e. The van der Waals surface area contributed by atoms with E-state index in [1.165, 1.54) is 0 Å². The second kappa shape index (κ2) is 6.18. The summed E-state index contributed by atoms with van der Waals surface area (Å²) in [6.07, 6.45) is 0.616. The minimum absolute atomic E-state index is 0.147. The first-order valence-corrected chi connectivity index (χ1v) is 9.56. The van der Waals surface area contributed by atoms with E-state index < -0.39 is 0 Å². The number of ether oxygens (including phenoxy) is 2. The predicted octanol–water partition coefficient (Wildman–Crippen LogP) is 5.00. The Kier molecular flexibility index (Phi) is 3.68. The molecule has 0 radical (unpaired) electrons. The van der Waals surface area contributed by atoms with Crippen LogP contribution in [-0.4, -0.2) is 17.8 Å². The van der Waals surface area contributed by atoms with Crippen molar-refractivity contribution in [1.82, 2.24) is 5.01 Å². The van der Waals surface area contributed by atoms with Crippen molar-refractivity contribution in [1.29, 1.82) is 0 Å². The smallest absolute Gasteiger partial charge is 0.214 e. The highest BCUT2D eigenvalue weighted by atomic mass is 32.1.